The second-order valence-electron chi connectivity index (χ2n) is 6.18. The minimum Gasteiger partial charge on any atom is -0.493 e. The van der Waals surface area contributed by atoms with Gasteiger partial charge in [0.1, 0.15) is 18.5 Å². The first kappa shape index (κ1) is 18.8. The third-order valence-corrected chi connectivity index (χ3v) is 4.24. The van der Waals surface area contributed by atoms with E-state index in [9.17, 15) is 5.11 Å². The number of nitrogens with one attached hydrogen (secondary N) is 1. The number of aromatic nitrogens is 1. The van der Waals surface area contributed by atoms with Gasteiger partial charge in [0.15, 0.2) is 11.5 Å². The van der Waals surface area contributed by atoms with Gasteiger partial charge in [-0.1, -0.05) is 24.3 Å². The Bertz CT molecular complexity index is 892. The fraction of sp³-hybridized carbons (Fsp3) is 0.286. The van der Waals surface area contributed by atoms with Crippen molar-refractivity contribution in [1.29, 1.82) is 0 Å². The Morgan fingerprint density at radius 2 is 1.74 bits per heavy atom. The van der Waals surface area contributed by atoms with Crippen LogP contribution in [-0.4, -0.2) is 43.6 Å². The molecule has 3 rings (SSSR count). The van der Waals surface area contributed by atoms with Gasteiger partial charge in [-0.25, -0.2) is 4.98 Å². The number of ether oxygens (including phenoxy) is 3. The largest absolute Gasteiger partial charge is 0.493 e. The number of hydrogen-bond donors (Lipinski definition) is 2. The molecule has 27 heavy (non-hydrogen) atoms. The number of aryl methyl sites for hydroxylation is 1. The van der Waals surface area contributed by atoms with Crippen LogP contribution in [-0.2, 0) is 0 Å². The molecule has 1 heterocycles. The van der Waals surface area contributed by atoms with Crippen LogP contribution in [0.25, 0.3) is 10.9 Å². The number of pyridine rings is 1. The third kappa shape index (κ3) is 4.41. The Kier molecular flexibility index (Phi) is 5.98. The van der Waals surface area contributed by atoms with Crippen LogP contribution in [0.2, 0.25) is 0 Å². The molecule has 0 saturated carbocycles. The van der Waals surface area contributed by atoms with Gasteiger partial charge in [-0.15, -0.1) is 0 Å². The SMILES string of the molecule is COc1cccc(OC)c1OCC(O)CNc1cc(C)c2ccccc2n1. The second kappa shape index (κ2) is 8.60. The molecule has 1 aromatic heterocycles. The number of aliphatic hydroxyl groups excluding tert-OH is 1. The number of fused-ring (bicyclic) bond motifs is 1. The molecule has 3 aromatic rings. The molecule has 0 spiro atoms. The molecule has 0 amide bonds. The van der Waals surface area contributed by atoms with Crippen LogP contribution in [0.5, 0.6) is 17.2 Å². The third-order valence-electron chi connectivity index (χ3n) is 4.24. The Labute approximate surface area is 158 Å². The van der Waals surface area contributed by atoms with Gasteiger partial charge in [-0.3, -0.25) is 0 Å². The van der Waals surface area contributed by atoms with Crippen LogP contribution in [0.15, 0.2) is 48.5 Å². The van der Waals surface area contributed by atoms with E-state index >= 15 is 0 Å². The van der Waals surface area contributed by atoms with Gasteiger partial charge in [0.05, 0.1) is 19.7 Å². The summed E-state index contributed by atoms with van der Waals surface area (Å²) in [7, 11) is 3.13. The zero-order chi connectivity index (χ0) is 19.2. The Balaban J connectivity index is 1.62. The summed E-state index contributed by atoms with van der Waals surface area (Å²) in [5.41, 5.74) is 2.05. The standard InChI is InChI=1S/C21H24N2O4/c1-14-11-20(23-17-8-5-4-7-16(14)17)22-12-15(24)13-27-21-18(25-2)9-6-10-19(21)26-3/h4-11,15,24H,12-13H2,1-3H3,(H,22,23). The molecule has 6 heteroatoms. The highest BCUT2D eigenvalue weighted by Crippen LogP contribution is 2.36. The number of anilines is 1. The van der Waals surface area contributed by atoms with Gasteiger partial charge in [0.2, 0.25) is 5.75 Å². The lowest BCUT2D eigenvalue weighted by Crippen LogP contribution is -2.26. The number of rotatable bonds is 8. The van der Waals surface area contributed by atoms with Crippen molar-refractivity contribution in [2.24, 2.45) is 0 Å². The van der Waals surface area contributed by atoms with Crippen molar-refractivity contribution in [1.82, 2.24) is 4.98 Å². The Morgan fingerprint density at radius 3 is 2.44 bits per heavy atom. The number of benzene rings is 2. The maximum absolute atomic E-state index is 10.3. The molecule has 0 aliphatic rings. The van der Waals surface area contributed by atoms with Crippen molar-refractivity contribution in [2.75, 3.05) is 32.7 Å². The van der Waals surface area contributed by atoms with E-state index in [0.29, 0.717) is 23.8 Å². The lowest BCUT2D eigenvalue weighted by atomic mass is 10.1. The molecular formula is C21H24N2O4. The molecule has 0 saturated heterocycles. The zero-order valence-corrected chi connectivity index (χ0v) is 15.7. The van der Waals surface area contributed by atoms with E-state index in [1.807, 2.05) is 43.3 Å². The molecule has 1 atom stereocenters. The average molecular weight is 368 g/mol. The summed E-state index contributed by atoms with van der Waals surface area (Å²) in [6.45, 7) is 2.45. The van der Waals surface area contributed by atoms with E-state index in [2.05, 4.69) is 10.3 Å². The fourth-order valence-corrected chi connectivity index (χ4v) is 2.86. The van der Waals surface area contributed by atoms with Crippen molar-refractivity contribution in [3.8, 4) is 17.2 Å². The van der Waals surface area contributed by atoms with Gasteiger partial charge in [-0.05, 0) is 36.8 Å². The van der Waals surface area contributed by atoms with Crippen molar-refractivity contribution >= 4 is 16.7 Å². The van der Waals surface area contributed by atoms with E-state index in [4.69, 9.17) is 14.2 Å². The zero-order valence-electron chi connectivity index (χ0n) is 15.7. The predicted molar refractivity (Wildman–Crippen MR) is 106 cm³/mol. The number of hydrogen-bond acceptors (Lipinski definition) is 6. The van der Waals surface area contributed by atoms with E-state index in [1.54, 1.807) is 26.4 Å². The van der Waals surface area contributed by atoms with Gasteiger partial charge >= 0.3 is 0 Å². The maximum Gasteiger partial charge on any atom is 0.203 e. The van der Waals surface area contributed by atoms with Crippen LogP contribution in [0.1, 0.15) is 5.56 Å². The quantitative estimate of drug-likeness (QED) is 0.635. The van der Waals surface area contributed by atoms with E-state index in [-0.39, 0.29) is 6.61 Å². The minimum atomic E-state index is -0.729. The lowest BCUT2D eigenvalue weighted by Gasteiger charge is -2.17. The minimum absolute atomic E-state index is 0.0935. The first-order chi connectivity index (χ1) is 13.1. The van der Waals surface area contributed by atoms with Gasteiger partial charge in [-0.2, -0.15) is 0 Å². The molecule has 0 aliphatic carbocycles. The molecule has 2 aromatic carbocycles. The smallest absolute Gasteiger partial charge is 0.203 e. The Morgan fingerprint density at radius 1 is 1.04 bits per heavy atom. The summed E-state index contributed by atoms with van der Waals surface area (Å²) < 4.78 is 16.3. The highest BCUT2D eigenvalue weighted by molar-refractivity contribution is 5.83. The summed E-state index contributed by atoms with van der Waals surface area (Å²) in [6.07, 6.45) is -0.729. The maximum atomic E-state index is 10.3. The second-order valence-corrected chi connectivity index (χ2v) is 6.18. The monoisotopic (exact) mass is 368 g/mol. The van der Waals surface area contributed by atoms with E-state index in [0.717, 1.165) is 22.3 Å². The lowest BCUT2D eigenvalue weighted by molar-refractivity contribution is 0.113. The van der Waals surface area contributed by atoms with Crippen LogP contribution in [0.4, 0.5) is 5.82 Å². The fourth-order valence-electron chi connectivity index (χ4n) is 2.86. The number of methoxy groups -OCH3 is 2. The van der Waals surface area contributed by atoms with Gasteiger partial charge in [0, 0.05) is 11.9 Å². The van der Waals surface area contributed by atoms with Gasteiger partial charge < -0.3 is 24.6 Å². The van der Waals surface area contributed by atoms with Crippen LogP contribution in [0, 0.1) is 6.92 Å². The summed E-state index contributed by atoms with van der Waals surface area (Å²) in [5.74, 6) is 2.31. The number of para-hydroxylation sites is 2. The number of aliphatic hydroxyl groups is 1. The molecule has 1 unspecified atom stereocenters. The molecular weight excluding hydrogens is 344 g/mol. The van der Waals surface area contributed by atoms with E-state index < -0.39 is 6.10 Å². The van der Waals surface area contributed by atoms with Crippen molar-refractivity contribution in [2.45, 2.75) is 13.0 Å². The first-order valence-corrected chi connectivity index (χ1v) is 8.74. The van der Waals surface area contributed by atoms with Crippen molar-refractivity contribution in [3.63, 3.8) is 0 Å². The molecule has 142 valence electrons. The van der Waals surface area contributed by atoms with E-state index in [1.165, 1.54) is 0 Å². The highest BCUT2D eigenvalue weighted by atomic mass is 16.5. The molecule has 2 N–H and O–H groups in total. The molecule has 6 nitrogen and oxygen atoms in total. The van der Waals surface area contributed by atoms with Crippen molar-refractivity contribution < 1.29 is 19.3 Å². The molecule has 0 radical (unpaired) electrons. The first-order valence-electron chi connectivity index (χ1n) is 8.74. The van der Waals surface area contributed by atoms with Crippen LogP contribution in [0.3, 0.4) is 0 Å². The van der Waals surface area contributed by atoms with Crippen LogP contribution < -0.4 is 19.5 Å². The highest BCUT2D eigenvalue weighted by Gasteiger charge is 2.14. The number of nitrogens with zero attached hydrogens (tertiary/aromatic N) is 1. The summed E-state index contributed by atoms with van der Waals surface area (Å²) in [4.78, 5) is 4.58. The van der Waals surface area contributed by atoms with Gasteiger partial charge in [0.25, 0.3) is 0 Å². The predicted octanol–water partition coefficient (Wildman–Crippen LogP) is 3.41. The van der Waals surface area contributed by atoms with Crippen LogP contribution >= 0.6 is 0 Å². The molecule has 0 fully saturated rings. The average Bonchev–Trinajstić information content (AvgIpc) is 2.70. The normalized spacial score (nSPS) is 11.9. The summed E-state index contributed by atoms with van der Waals surface area (Å²) in [6, 6.07) is 15.3. The molecule has 0 bridgehead atoms. The Hall–Kier alpha value is -2.99. The molecule has 0 aliphatic heterocycles. The topological polar surface area (TPSA) is 72.8 Å². The van der Waals surface area contributed by atoms with Crippen molar-refractivity contribution in [3.05, 3.63) is 54.1 Å². The summed E-state index contributed by atoms with van der Waals surface area (Å²) >= 11 is 0. The summed E-state index contributed by atoms with van der Waals surface area (Å²) in [5, 5.41) is 14.6.